The summed E-state index contributed by atoms with van der Waals surface area (Å²) < 4.78 is 11.8. The predicted molar refractivity (Wildman–Crippen MR) is 118 cm³/mol. The predicted octanol–water partition coefficient (Wildman–Crippen LogP) is 3.98. The number of amides is 1. The molecule has 31 heavy (non-hydrogen) atoms. The van der Waals surface area contributed by atoms with Gasteiger partial charge in [-0.2, -0.15) is 0 Å². The fraction of sp³-hybridized carbons (Fsp3) is 0.231. The Hall–Kier alpha value is -3.60. The van der Waals surface area contributed by atoms with Gasteiger partial charge in [-0.25, -0.2) is 0 Å². The molecule has 0 saturated carbocycles. The Balaban J connectivity index is 1.23. The lowest BCUT2D eigenvalue weighted by Gasteiger charge is -2.15. The van der Waals surface area contributed by atoms with E-state index in [0.717, 1.165) is 33.8 Å². The first-order chi connectivity index (χ1) is 15.1. The van der Waals surface area contributed by atoms with Crippen LogP contribution in [0.4, 0.5) is 0 Å². The summed E-state index contributed by atoms with van der Waals surface area (Å²) in [7, 11) is 0. The molecule has 0 fully saturated rings. The maximum absolute atomic E-state index is 12.6. The number of rotatable bonds is 5. The minimum absolute atomic E-state index is 0.0456. The number of nitrogens with one attached hydrogen (secondary N) is 1. The average Bonchev–Trinajstić information content (AvgIpc) is 3.40. The third-order valence-electron chi connectivity index (χ3n) is 5.86. The van der Waals surface area contributed by atoms with Crippen LogP contribution in [0.5, 0.6) is 11.5 Å². The minimum Gasteiger partial charge on any atom is -0.488 e. The van der Waals surface area contributed by atoms with E-state index in [4.69, 9.17) is 9.47 Å². The molecule has 0 radical (unpaired) electrons. The lowest BCUT2D eigenvalue weighted by molar-refractivity contribution is -0.127. The molecule has 0 aliphatic carbocycles. The van der Waals surface area contributed by atoms with Gasteiger partial charge in [0, 0.05) is 18.4 Å². The van der Waals surface area contributed by atoms with E-state index in [-0.39, 0.29) is 17.8 Å². The first kappa shape index (κ1) is 19.4. The van der Waals surface area contributed by atoms with E-state index in [1.54, 1.807) is 6.92 Å². The second-order valence-electron chi connectivity index (χ2n) is 8.03. The number of hydrogen-bond donors (Lipinski definition) is 1. The molecule has 5 heteroatoms. The van der Waals surface area contributed by atoms with Gasteiger partial charge in [0.25, 0.3) is 5.91 Å². The summed E-state index contributed by atoms with van der Waals surface area (Å²) in [6, 6.07) is 21.4. The SMILES string of the molecule is CC(=O)c1ccccc1-c1ccc2c(c1)C[C@H](CNC(=O)[C@@H]1Cc3ccccc3O1)O2. The standard InChI is InChI=1S/C26H23NO4/c1-16(28)21-7-3-4-8-22(21)17-10-11-24-19(12-17)13-20(30-24)15-27-26(29)25-14-18-6-2-5-9-23(18)31-25/h2-12,20,25H,13-15H2,1H3,(H,27,29)/t20-,25+/m1/s1. The van der Waals surface area contributed by atoms with Crippen molar-refractivity contribution in [3.63, 3.8) is 0 Å². The van der Waals surface area contributed by atoms with Crippen molar-refractivity contribution < 1.29 is 19.1 Å². The number of carbonyl (C=O) groups excluding carboxylic acids is 2. The number of ether oxygens (including phenoxy) is 2. The first-order valence-corrected chi connectivity index (χ1v) is 10.5. The Morgan fingerprint density at radius 2 is 1.68 bits per heavy atom. The lowest BCUT2D eigenvalue weighted by Crippen LogP contribution is -2.42. The summed E-state index contributed by atoms with van der Waals surface area (Å²) in [5.41, 5.74) is 4.77. The van der Waals surface area contributed by atoms with Crippen molar-refractivity contribution in [1.82, 2.24) is 5.32 Å². The zero-order valence-electron chi connectivity index (χ0n) is 17.3. The van der Waals surface area contributed by atoms with Crippen LogP contribution in [0.3, 0.4) is 0 Å². The van der Waals surface area contributed by atoms with Crippen molar-refractivity contribution in [3.8, 4) is 22.6 Å². The third kappa shape index (κ3) is 3.79. The number of hydrogen-bond acceptors (Lipinski definition) is 4. The summed E-state index contributed by atoms with van der Waals surface area (Å²) in [6.45, 7) is 2.00. The Bertz CT molecular complexity index is 1140. The fourth-order valence-electron chi connectivity index (χ4n) is 4.30. The largest absolute Gasteiger partial charge is 0.488 e. The van der Waals surface area contributed by atoms with E-state index in [0.29, 0.717) is 24.9 Å². The van der Waals surface area contributed by atoms with Crippen LogP contribution in [-0.2, 0) is 17.6 Å². The normalized spacial score (nSPS) is 18.5. The molecule has 0 aromatic heterocycles. The highest BCUT2D eigenvalue weighted by Gasteiger charge is 2.30. The maximum atomic E-state index is 12.6. The lowest BCUT2D eigenvalue weighted by atomic mass is 9.95. The maximum Gasteiger partial charge on any atom is 0.261 e. The fourth-order valence-corrected chi connectivity index (χ4v) is 4.30. The van der Waals surface area contributed by atoms with Crippen LogP contribution in [-0.4, -0.2) is 30.4 Å². The summed E-state index contributed by atoms with van der Waals surface area (Å²) in [6.07, 6.45) is 0.682. The van der Waals surface area contributed by atoms with E-state index < -0.39 is 6.10 Å². The van der Waals surface area contributed by atoms with E-state index in [1.807, 2.05) is 60.7 Å². The second-order valence-corrected chi connectivity index (χ2v) is 8.03. The van der Waals surface area contributed by atoms with Gasteiger partial charge >= 0.3 is 0 Å². The average molecular weight is 413 g/mol. The summed E-state index contributed by atoms with van der Waals surface area (Å²) in [4.78, 5) is 24.5. The molecule has 2 aliphatic rings. The highest BCUT2D eigenvalue weighted by atomic mass is 16.5. The van der Waals surface area contributed by atoms with Gasteiger partial charge in [0.05, 0.1) is 6.54 Å². The van der Waals surface area contributed by atoms with Gasteiger partial charge < -0.3 is 14.8 Å². The highest BCUT2D eigenvalue weighted by Crippen LogP contribution is 2.34. The summed E-state index contributed by atoms with van der Waals surface area (Å²) in [5.74, 6) is 1.54. The monoisotopic (exact) mass is 413 g/mol. The third-order valence-corrected chi connectivity index (χ3v) is 5.86. The molecular weight excluding hydrogens is 390 g/mol. The molecule has 2 heterocycles. The minimum atomic E-state index is -0.490. The zero-order chi connectivity index (χ0) is 21.4. The van der Waals surface area contributed by atoms with E-state index in [2.05, 4.69) is 11.4 Å². The van der Waals surface area contributed by atoms with Gasteiger partial charge in [0.2, 0.25) is 0 Å². The van der Waals surface area contributed by atoms with Crippen molar-refractivity contribution in [2.24, 2.45) is 0 Å². The van der Waals surface area contributed by atoms with Gasteiger partial charge in [0.15, 0.2) is 11.9 Å². The quantitative estimate of drug-likeness (QED) is 0.643. The molecule has 2 aliphatic heterocycles. The number of para-hydroxylation sites is 1. The molecule has 1 amide bonds. The van der Waals surface area contributed by atoms with E-state index in [1.165, 1.54) is 0 Å². The Labute approximate surface area is 181 Å². The number of Topliss-reactive ketones (excluding diaryl/α,β-unsaturated/α-hetero) is 1. The highest BCUT2D eigenvalue weighted by molar-refractivity contribution is 6.00. The van der Waals surface area contributed by atoms with E-state index in [9.17, 15) is 9.59 Å². The van der Waals surface area contributed by atoms with Crippen molar-refractivity contribution in [2.75, 3.05) is 6.54 Å². The molecule has 0 spiro atoms. The van der Waals surface area contributed by atoms with Crippen molar-refractivity contribution in [2.45, 2.75) is 32.0 Å². The van der Waals surface area contributed by atoms with Gasteiger partial charge in [-0.3, -0.25) is 9.59 Å². The molecule has 5 nitrogen and oxygen atoms in total. The van der Waals surface area contributed by atoms with Crippen molar-refractivity contribution in [3.05, 3.63) is 83.4 Å². The van der Waals surface area contributed by atoms with Gasteiger partial charge in [0.1, 0.15) is 17.6 Å². The van der Waals surface area contributed by atoms with Crippen molar-refractivity contribution in [1.29, 1.82) is 0 Å². The van der Waals surface area contributed by atoms with Crippen LogP contribution in [0.2, 0.25) is 0 Å². The van der Waals surface area contributed by atoms with Crippen LogP contribution in [0, 0.1) is 0 Å². The van der Waals surface area contributed by atoms with Gasteiger partial charge in [-0.15, -0.1) is 0 Å². The first-order valence-electron chi connectivity index (χ1n) is 10.5. The number of carbonyl (C=O) groups is 2. The molecule has 3 aromatic rings. The summed E-state index contributed by atoms with van der Waals surface area (Å²) in [5, 5.41) is 2.97. The molecular formula is C26H23NO4. The topological polar surface area (TPSA) is 64.6 Å². The summed E-state index contributed by atoms with van der Waals surface area (Å²) >= 11 is 0. The van der Waals surface area contributed by atoms with Crippen LogP contribution in [0.1, 0.15) is 28.4 Å². The van der Waals surface area contributed by atoms with Crippen molar-refractivity contribution >= 4 is 11.7 Å². The second kappa shape index (κ2) is 7.91. The van der Waals surface area contributed by atoms with E-state index >= 15 is 0 Å². The Morgan fingerprint density at radius 1 is 0.903 bits per heavy atom. The molecule has 0 saturated heterocycles. The molecule has 2 atom stereocenters. The smallest absolute Gasteiger partial charge is 0.261 e. The van der Waals surface area contributed by atoms with Gasteiger partial charge in [-0.1, -0.05) is 48.5 Å². The Morgan fingerprint density at radius 3 is 2.52 bits per heavy atom. The molecule has 0 bridgehead atoms. The molecule has 1 N–H and O–H groups in total. The van der Waals surface area contributed by atoms with Gasteiger partial charge in [-0.05, 0) is 47.4 Å². The Kier molecular flexibility index (Phi) is 4.94. The number of fused-ring (bicyclic) bond motifs is 2. The molecule has 5 rings (SSSR count). The van der Waals surface area contributed by atoms with Crippen LogP contribution >= 0.6 is 0 Å². The van der Waals surface area contributed by atoms with Crippen LogP contribution in [0.15, 0.2) is 66.7 Å². The number of ketones is 1. The van der Waals surface area contributed by atoms with Crippen LogP contribution < -0.4 is 14.8 Å². The van der Waals surface area contributed by atoms with Crippen LogP contribution in [0.25, 0.3) is 11.1 Å². The zero-order valence-corrected chi connectivity index (χ0v) is 17.3. The number of benzene rings is 3. The molecule has 3 aromatic carbocycles. The molecule has 156 valence electrons. The molecule has 0 unspecified atom stereocenters.